The Kier molecular flexibility index (Phi) is 2.48. The molecular formula is C12H17N5. The second-order valence-corrected chi connectivity index (χ2v) is 4.61. The molecule has 90 valence electrons. The summed E-state index contributed by atoms with van der Waals surface area (Å²) in [7, 11) is 1.95. The van der Waals surface area contributed by atoms with Gasteiger partial charge in [0.15, 0.2) is 0 Å². The summed E-state index contributed by atoms with van der Waals surface area (Å²) >= 11 is 0. The van der Waals surface area contributed by atoms with Crippen molar-refractivity contribution in [3.8, 4) is 5.69 Å². The smallest absolute Gasteiger partial charge is 0.0995 e. The Morgan fingerprint density at radius 1 is 1.47 bits per heavy atom. The number of aryl methyl sites for hydroxylation is 2. The Balaban J connectivity index is 2.03. The molecule has 0 saturated carbocycles. The van der Waals surface area contributed by atoms with Crippen LogP contribution in [0.15, 0.2) is 18.7 Å². The summed E-state index contributed by atoms with van der Waals surface area (Å²) in [5.41, 5.74) is 3.39. The van der Waals surface area contributed by atoms with Gasteiger partial charge in [-0.3, -0.25) is 9.25 Å². The van der Waals surface area contributed by atoms with E-state index in [2.05, 4.69) is 20.0 Å². The molecule has 1 atom stereocenters. The van der Waals surface area contributed by atoms with Crippen molar-refractivity contribution in [2.75, 3.05) is 6.54 Å². The van der Waals surface area contributed by atoms with Gasteiger partial charge in [0.25, 0.3) is 0 Å². The molecule has 1 fully saturated rings. The van der Waals surface area contributed by atoms with Crippen LogP contribution in [-0.2, 0) is 7.05 Å². The number of imidazole rings is 1. The first-order chi connectivity index (χ1) is 8.25. The quantitative estimate of drug-likeness (QED) is 0.848. The highest BCUT2D eigenvalue weighted by molar-refractivity contribution is 5.36. The number of nitrogens with one attached hydrogen (secondary N) is 1. The van der Waals surface area contributed by atoms with Gasteiger partial charge >= 0.3 is 0 Å². The fourth-order valence-corrected chi connectivity index (χ4v) is 2.52. The third-order valence-electron chi connectivity index (χ3n) is 3.33. The van der Waals surface area contributed by atoms with E-state index in [-0.39, 0.29) is 0 Å². The molecule has 0 spiro atoms. The van der Waals surface area contributed by atoms with Gasteiger partial charge in [-0.25, -0.2) is 4.98 Å². The molecule has 0 bridgehead atoms. The van der Waals surface area contributed by atoms with Crippen molar-refractivity contribution >= 4 is 0 Å². The van der Waals surface area contributed by atoms with Gasteiger partial charge in [0.05, 0.1) is 29.6 Å². The average molecular weight is 231 g/mol. The number of nitrogens with zero attached hydrogens (tertiary/aromatic N) is 4. The highest BCUT2D eigenvalue weighted by Crippen LogP contribution is 2.25. The first-order valence-electron chi connectivity index (χ1n) is 6.02. The Morgan fingerprint density at radius 2 is 2.35 bits per heavy atom. The molecule has 1 aliphatic rings. The van der Waals surface area contributed by atoms with Crippen LogP contribution in [-0.4, -0.2) is 25.9 Å². The van der Waals surface area contributed by atoms with E-state index in [4.69, 9.17) is 0 Å². The highest BCUT2D eigenvalue weighted by atomic mass is 15.3. The molecule has 0 aliphatic carbocycles. The molecule has 0 unspecified atom stereocenters. The van der Waals surface area contributed by atoms with Crippen LogP contribution in [0.5, 0.6) is 0 Å². The van der Waals surface area contributed by atoms with Crippen LogP contribution < -0.4 is 5.32 Å². The van der Waals surface area contributed by atoms with Gasteiger partial charge < -0.3 is 5.32 Å². The monoisotopic (exact) mass is 231 g/mol. The Hall–Kier alpha value is -1.62. The third-order valence-corrected chi connectivity index (χ3v) is 3.33. The van der Waals surface area contributed by atoms with Crippen LogP contribution >= 0.6 is 0 Å². The standard InChI is InChI=1S/C12H17N5/c1-9-12(7-16(2)15-9)17-8-13-6-11(17)10-4-3-5-14-10/h6-8,10,14H,3-5H2,1-2H3/t10-/m0/s1. The molecule has 3 rings (SSSR count). The SMILES string of the molecule is Cc1nn(C)cc1-n1cncc1[C@@H]1CCCN1. The molecule has 0 radical (unpaired) electrons. The van der Waals surface area contributed by atoms with Gasteiger partial charge in [-0.1, -0.05) is 0 Å². The topological polar surface area (TPSA) is 47.7 Å². The van der Waals surface area contributed by atoms with Crippen LogP contribution in [0.3, 0.4) is 0 Å². The van der Waals surface area contributed by atoms with Crippen molar-refractivity contribution in [3.05, 3.63) is 30.1 Å². The maximum absolute atomic E-state index is 4.38. The van der Waals surface area contributed by atoms with Crippen molar-refractivity contribution in [3.63, 3.8) is 0 Å². The summed E-state index contributed by atoms with van der Waals surface area (Å²) in [4.78, 5) is 4.28. The molecule has 5 nitrogen and oxygen atoms in total. The van der Waals surface area contributed by atoms with E-state index in [1.54, 1.807) is 0 Å². The Bertz CT molecular complexity index is 519. The summed E-state index contributed by atoms with van der Waals surface area (Å²) in [6, 6.07) is 0.428. The summed E-state index contributed by atoms with van der Waals surface area (Å²) in [5, 5.41) is 7.89. The summed E-state index contributed by atoms with van der Waals surface area (Å²) in [6.45, 7) is 3.13. The first-order valence-corrected chi connectivity index (χ1v) is 6.02. The maximum atomic E-state index is 4.38. The van der Waals surface area contributed by atoms with Gasteiger partial charge in [0, 0.05) is 19.3 Å². The minimum atomic E-state index is 0.428. The molecule has 1 aliphatic heterocycles. The molecule has 5 heteroatoms. The van der Waals surface area contributed by atoms with Crippen LogP contribution in [0.25, 0.3) is 5.69 Å². The Morgan fingerprint density at radius 3 is 3.00 bits per heavy atom. The van der Waals surface area contributed by atoms with E-state index >= 15 is 0 Å². The van der Waals surface area contributed by atoms with Crippen molar-refractivity contribution in [2.24, 2.45) is 7.05 Å². The first kappa shape index (κ1) is 10.5. The molecule has 17 heavy (non-hydrogen) atoms. The van der Waals surface area contributed by atoms with Gasteiger partial charge in [0.2, 0.25) is 0 Å². The lowest BCUT2D eigenvalue weighted by atomic mass is 10.1. The number of hydrogen-bond acceptors (Lipinski definition) is 3. The highest BCUT2D eigenvalue weighted by Gasteiger charge is 2.21. The number of aromatic nitrogens is 4. The van der Waals surface area contributed by atoms with Gasteiger partial charge in [-0.05, 0) is 26.3 Å². The van der Waals surface area contributed by atoms with E-state index < -0.39 is 0 Å². The van der Waals surface area contributed by atoms with Crippen LogP contribution in [0.1, 0.15) is 30.3 Å². The lowest BCUT2D eigenvalue weighted by Crippen LogP contribution is -2.16. The molecule has 0 aromatic carbocycles. The zero-order valence-corrected chi connectivity index (χ0v) is 10.2. The minimum Gasteiger partial charge on any atom is -0.309 e. The molecule has 3 heterocycles. The summed E-state index contributed by atoms with van der Waals surface area (Å²) in [6.07, 6.45) is 8.29. The molecule has 1 saturated heterocycles. The molecule has 0 amide bonds. The molecule has 1 N–H and O–H groups in total. The van der Waals surface area contributed by atoms with Crippen LogP contribution in [0, 0.1) is 6.92 Å². The zero-order valence-electron chi connectivity index (χ0n) is 10.2. The van der Waals surface area contributed by atoms with Crippen molar-refractivity contribution in [1.82, 2.24) is 24.6 Å². The van der Waals surface area contributed by atoms with Crippen molar-refractivity contribution in [1.29, 1.82) is 0 Å². The van der Waals surface area contributed by atoms with E-state index in [1.165, 1.54) is 18.5 Å². The predicted octanol–water partition coefficient (Wildman–Crippen LogP) is 1.34. The lowest BCUT2D eigenvalue weighted by Gasteiger charge is -2.12. The zero-order chi connectivity index (χ0) is 11.8. The van der Waals surface area contributed by atoms with Crippen LogP contribution in [0.2, 0.25) is 0 Å². The second kappa shape index (κ2) is 4.00. The number of hydrogen-bond donors (Lipinski definition) is 1. The Labute approximate surface area is 100 Å². The van der Waals surface area contributed by atoms with Crippen LogP contribution in [0.4, 0.5) is 0 Å². The van der Waals surface area contributed by atoms with Crippen molar-refractivity contribution < 1.29 is 0 Å². The largest absolute Gasteiger partial charge is 0.309 e. The van der Waals surface area contributed by atoms with E-state index in [9.17, 15) is 0 Å². The van der Waals surface area contributed by atoms with E-state index in [1.807, 2.05) is 37.4 Å². The molecule has 2 aromatic rings. The predicted molar refractivity (Wildman–Crippen MR) is 65.0 cm³/mol. The normalized spacial score (nSPS) is 20.0. The lowest BCUT2D eigenvalue weighted by molar-refractivity contribution is 0.614. The van der Waals surface area contributed by atoms with E-state index in [0.29, 0.717) is 6.04 Å². The summed E-state index contributed by atoms with van der Waals surface area (Å²) < 4.78 is 3.99. The third kappa shape index (κ3) is 1.76. The number of rotatable bonds is 2. The molecule has 2 aromatic heterocycles. The fourth-order valence-electron chi connectivity index (χ4n) is 2.52. The van der Waals surface area contributed by atoms with Crippen molar-refractivity contribution in [2.45, 2.75) is 25.8 Å². The maximum Gasteiger partial charge on any atom is 0.0995 e. The van der Waals surface area contributed by atoms with Gasteiger partial charge in [-0.15, -0.1) is 0 Å². The molecular weight excluding hydrogens is 214 g/mol. The second-order valence-electron chi connectivity index (χ2n) is 4.61. The fraction of sp³-hybridized carbons (Fsp3) is 0.500. The van der Waals surface area contributed by atoms with Gasteiger partial charge in [-0.2, -0.15) is 5.10 Å². The van der Waals surface area contributed by atoms with Gasteiger partial charge in [0.1, 0.15) is 0 Å². The minimum absolute atomic E-state index is 0.428. The summed E-state index contributed by atoms with van der Waals surface area (Å²) in [5.74, 6) is 0. The average Bonchev–Trinajstić information content (AvgIpc) is 2.97. The van der Waals surface area contributed by atoms with E-state index in [0.717, 1.165) is 17.9 Å².